The number of anilines is 2. The third kappa shape index (κ3) is 3.73. The number of nitrogens with one attached hydrogen (secondary N) is 3. The molecule has 150 valence electrons. The summed E-state index contributed by atoms with van der Waals surface area (Å²) in [6.07, 6.45) is 7.99. The van der Waals surface area contributed by atoms with E-state index in [0.29, 0.717) is 22.9 Å². The smallest absolute Gasteiger partial charge is 0.404 e. The molecule has 2 aromatic rings. The lowest BCUT2D eigenvalue weighted by atomic mass is 10.0. The summed E-state index contributed by atoms with van der Waals surface area (Å²) in [5, 5.41) is 15.9. The first-order valence-electron chi connectivity index (χ1n) is 9.74. The molecule has 1 aliphatic carbocycles. The topological polar surface area (TPSA) is 110 Å². The molecule has 0 radical (unpaired) electrons. The van der Waals surface area contributed by atoms with Crippen LogP contribution in [0.5, 0.6) is 0 Å². The van der Waals surface area contributed by atoms with E-state index in [9.17, 15) is 9.59 Å². The van der Waals surface area contributed by atoms with Crippen LogP contribution in [-0.4, -0.2) is 46.2 Å². The van der Waals surface area contributed by atoms with Crippen LogP contribution in [0.15, 0.2) is 12.4 Å². The van der Waals surface area contributed by atoms with Gasteiger partial charge in [-0.3, -0.25) is 4.79 Å². The second-order valence-corrected chi connectivity index (χ2v) is 7.99. The monoisotopic (exact) mass is 405 g/mol. The zero-order chi connectivity index (χ0) is 19.7. The molecule has 4 N–H and O–H groups in total. The number of pyridine rings is 1. The first-order chi connectivity index (χ1) is 13.5. The molecule has 1 aliphatic heterocycles. The Labute approximate surface area is 167 Å². The first-order valence-corrected chi connectivity index (χ1v) is 10.1. The lowest BCUT2D eigenvalue weighted by molar-refractivity contribution is -0.119. The Kier molecular flexibility index (Phi) is 5.30. The molecular weight excluding hydrogens is 382 g/mol. The molecule has 2 fully saturated rings. The maximum atomic E-state index is 12.6. The molecule has 1 unspecified atom stereocenters. The van der Waals surface area contributed by atoms with Crippen molar-refractivity contribution in [3.63, 3.8) is 0 Å². The fourth-order valence-electron chi connectivity index (χ4n) is 4.36. The van der Waals surface area contributed by atoms with E-state index in [1.165, 1.54) is 0 Å². The number of halogens is 1. The van der Waals surface area contributed by atoms with E-state index in [-0.39, 0.29) is 17.9 Å². The number of nitrogens with zero attached hydrogens (tertiary/aromatic N) is 2. The standard InChI is InChI=1S/C19H24ClN5O3/c20-13-8-21-17-15(14(9-22-17)24-18(26)11-4-1-2-5-11)16(13)25-7-3-6-12(10-25)23-19(27)28/h8-9,11-12,23H,1-7,10H2,(H,21,22)(H,24,26)(H,27,28). The van der Waals surface area contributed by atoms with Crippen LogP contribution in [0.25, 0.3) is 11.0 Å². The minimum atomic E-state index is -1.02. The van der Waals surface area contributed by atoms with Gasteiger partial charge in [-0.05, 0) is 25.7 Å². The predicted octanol–water partition coefficient (Wildman–Crippen LogP) is 3.58. The Balaban J connectivity index is 1.65. The molecule has 2 aromatic heterocycles. The van der Waals surface area contributed by atoms with E-state index in [2.05, 4.69) is 25.5 Å². The Morgan fingerprint density at radius 2 is 2.04 bits per heavy atom. The minimum Gasteiger partial charge on any atom is -0.465 e. The number of aromatic amines is 1. The van der Waals surface area contributed by atoms with E-state index in [0.717, 1.165) is 56.1 Å². The number of fused-ring (bicyclic) bond motifs is 1. The number of hydrogen-bond acceptors (Lipinski definition) is 4. The van der Waals surface area contributed by atoms with Gasteiger partial charge in [0.25, 0.3) is 0 Å². The number of amides is 2. The summed E-state index contributed by atoms with van der Waals surface area (Å²) in [5.74, 6) is 0.0908. The normalized spacial score (nSPS) is 20.5. The average molecular weight is 406 g/mol. The van der Waals surface area contributed by atoms with Crippen molar-refractivity contribution < 1.29 is 14.7 Å². The van der Waals surface area contributed by atoms with E-state index < -0.39 is 6.09 Å². The zero-order valence-corrected chi connectivity index (χ0v) is 16.3. The summed E-state index contributed by atoms with van der Waals surface area (Å²) in [6.45, 7) is 1.28. The highest BCUT2D eigenvalue weighted by molar-refractivity contribution is 6.35. The summed E-state index contributed by atoms with van der Waals surface area (Å²) in [5.41, 5.74) is 2.10. The van der Waals surface area contributed by atoms with Crippen molar-refractivity contribution in [1.29, 1.82) is 0 Å². The Bertz CT molecular complexity index is 893. The van der Waals surface area contributed by atoms with Crippen molar-refractivity contribution in [2.75, 3.05) is 23.3 Å². The van der Waals surface area contributed by atoms with Gasteiger partial charge in [0.2, 0.25) is 5.91 Å². The molecule has 0 aromatic carbocycles. The molecule has 28 heavy (non-hydrogen) atoms. The van der Waals surface area contributed by atoms with Crippen molar-refractivity contribution in [2.24, 2.45) is 5.92 Å². The van der Waals surface area contributed by atoms with Crippen LogP contribution in [0, 0.1) is 5.92 Å². The molecule has 2 amide bonds. The van der Waals surface area contributed by atoms with Gasteiger partial charge in [-0.15, -0.1) is 0 Å². The van der Waals surface area contributed by atoms with Crippen molar-refractivity contribution >= 4 is 46.0 Å². The van der Waals surface area contributed by atoms with Crippen LogP contribution in [0.3, 0.4) is 0 Å². The van der Waals surface area contributed by atoms with Crippen LogP contribution in [0.1, 0.15) is 38.5 Å². The van der Waals surface area contributed by atoms with Crippen LogP contribution in [0.2, 0.25) is 5.02 Å². The SMILES string of the molecule is O=C(O)NC1CCCN(c2c(Cl)cnc3[nH]cc(NC(=O)C4CCCC4)c23)C1. The third-order valence-corrected chi connectivity index (χ3v) is 5.96. The number of rotatable bonds is 4. The molecule has 1 atom stereocenters. The van der Waals surface area contributed by atoms with Crippen LogP contribution in [-0.2, 0) is 4.79 Å². The summed E-state index contributed by atoms with van der Waals surface area (Å²) in [6, 6.07) is -0.166. The van der Waals surface area contributed by atoms with Crippen molar-refractivity contribution in [2.45, 2.75) is 44.6 Å². The van der Waals surface area contributed by atoms with Gasteiger partial charge in [0.1, 0.15) is 5.65 Å². The lowest BCUT2D eigenvalue weighted by Crippen LogP contribution is -2.47. The highest BCUT2D eigenvalue weighted by Gasteiger charge is 2.28. The summed E-state index contributed by atoms with van der Waals surface area (Å²) >= 11 is 6.52. The maximum Gasteiger partial charge on any atom is 0.404 e. The summed E-state index contributed by atoms with van der Waals surface area (Å²) < 4.78 is 0. The van der Waals surface area contributed by atoms with Crippen molar-refractivity contribution in [1.82, 2.24) is 15.3 Å². The Morgan fingerprint density at radius 3 is 2.79 bits per heavy atom. The van der Waals surface area contributed by atoms with Gasteiger partial charge in [-0.25, -0.2) is 9.78 Å². The van der Waals surface area contributed by atoms with Gasteiger partial charge >= 0.3 is 6.09 Å². The Hall–Kier alpha value is -2.48. The molecule has 0 spiro atoms. The molecule has 4 rings (SSSR count). The molecular formula is C19H24ClN5O3. The van der Waals surface area contributed by atoms with Crippen LogP contribution < -0.4 is 15.5 Å². The second-order valence-electron chi connectivity index (χ2n) is 7.59. The van der Waals surface area contributed by atoms with Crippen molar-refractivity contribution in [3.05, 3.63) is 17.4 Å². The van der Waals surface area contributed by atoms with Gasteiger partial charge in [0.05, 0.1) is 28.0 Å². The number of carbonyl (C=O) groups excluding carboxylic acids is 1. The van der Waals surface area contributed by atoms with Crippen LogP contribution in [0.4, 0.5) is 16.2 Å². The number of piperidine rings is 1. The number of hydrogen-bond donors (Lipinski definition) is 4. The highest BCUT2D eigenvalue weighted by atomic mass is 35.5. The van der Waals surface area contributed by atoms with E-state index in [4.69, 9.17) is 16.7 Å². The number of aromatic nitrogens is 2. The quantitative estimate of drug-likeness (QED) is 0.621. The second kappa shape index (κ2) is 7.87. The lowest BCUT2D eigenvalue weighted by Gasteiger charge is -2.35. The molecule has 3 heterocycles. The number of carboxylic acid groups (broad SMARTS) is 1. The Morgan fingerprint density at radius 1 is 1.25 bits per heavy atom. The minimum absolute atomic E-state index is 0.0355. The molecule has 8 nitrogen and oxygen atoms in total. The number of carbonyl (C=O) groups is 2. The average Bonchev–Trinajstić information content (AvgIpc) is 3.32. The van der Waals surface area contributed by atoms with Gasteiger partial charge in [0, 0.05) is 31.2 Å². The van der Waals surface area contributed by atoms with Crippen molar-refractivity contribution in [3.8, 4) is 0 Å². The fourth-order valence-corrected chi connectivity index (χ4v) is 4.62. The van der Waals surface area contributed by atoms with Gasteiger partial charge in [-0.1, -0.05) is 24.4 Å². The largest absolute Gasteiger partial charge is 0.465 e. The third-order valence-electron chi connectivity index (χ3n) is 5.68. The first kappa shape index (κ1) is 18.9. The molecule has 1 saturated carbocycles. The summed E-state index contributed by atoms with van der Waals surface area (Å²) in [7, 11) is 0. The maximum absolute atomic E-state index is 12.6. The molecule has 1 saturated heterocycles. The van der Waals surface area contributed by atoms with Gasteiger partial charge < -0.3 is 25.6 Å². The van der Waals surface area contributed by atoms with Crippen LogP contribution >= 0.6 is 11.6 Å². The van der Waals surface area contributed by atoms with E-state index in [1.54, 1.807) is 12.4 Å². The molecule has 0 bridgehead atoms. The number of H-pyrrole nitrogens is 1. The predicted molar refractivity (Wildman–Crippen MR) is 108 cm³/mol. The summed E-state index contributed by atoms with van der Waals surface area (Å²) in [4.78, 5) is 33.2. The highest BCUT2D eigenvalue weighted by Crippen LogP contribution is 2.39. The van der Waals surface area contributed by atoms with E-state index >= 15 is 0 Å². The molecule has 2 aliphatic rings. The van der Waals surface area contributed by atoms with Gasteiger partial charge in [0.15, 0.2) is 0 Å². The molecule has 9 heteroatoms. The van der Waals surface area contributed by atoms with E-state index in [1.807, 2.05) is 0 Å². The van der Waals surface area contributed by atoms with Gasteiger partial charge in [-0.2, -0.15) is 0 Å². The zero-order valence-electron chi connectivity index (χ0n) is 15.5. The fraction of sp³-hybridized carbons (Fsp3) is 0.526.